The van der Waals surface area contributed by atoms with Crippen molar-refractivity contribution < 1.29 is 21.6 Å². The number of nitrogens with zero attached hydrogens (tertiary/aromatic N) is 2. The van der Waals surface area contributed by atoms with Gasteiger partial charge in [-0.15, -0.1) is 4.83 Å². The fourth-order valence-electron chi connectivity index (χ4n) is 3.82. The van der Waals surface area contributed by atoms with Crippen LogP contribution in [0.25, 0.3) is 38.5 Å². The van der Waals surface area contributed by atoms with Crippen LogP contribution in [0, 0.1) is 0 Å². The van der Waals surface area contributed by atoms with Gasteiger partial charge in [0.2, 0.25) is 10.9 Å². The lowest BCUT2D eigenvalue weighted by molar-refractivity contribution is -0.141. The molecule has 0 amide bonds. The number of benzene rings is 4. The van der Waals surface area contributed by atoms with Crippen LogP contribution in [-0.2, 0) is 17.1 Å². The molecule has 0 aliphatic heterocycles. The molecule has 2 N–H and O–H groups in total. The van der Waals surface area contributed by atoms with E-state index in [0.29, 0.717) is 16.9 Å². The summed E-state index contributed by atoms with van der Waals surface area (Å²) in [5.41, 5.74) is 3.15. The zero-order chi connectivity index (χ0) is 23.9. The molecular formula is C24H17F3N4O2S. The minimum absolute atomic E-state index is 0.281. The van der Waals surface area contributed by atoms with Crippen molar-refractivity contribution in [2.24, 2.45) is 0 Å². The molecule has 6 nitrogen and oxygen atoms in total. The minimum Gasteiger partial charge on any atom is -0.308 e. The number of anilines is 1. The number of aromatic nitrogens is 2. The second-order valence-electron chi connectivity index (χ2n) is 7.63. The third kappa shape index (κ3) is 4.33. The molecule has 10 heteroatoms. The summed E-state index contributed by atoms with van der Waals surface area (Å²) in [5.74, 6) is 0. The van der Waals surface area contributed by atoms with Gasteiger partial charge < -0.3 is 5.43 Å². The number of alkyl halides is 3. The normalized spacial score (nSPS) is 12.0. The van der Waals surface area contributed by atoms with Crippen LogP contribution in [-0.4, -0.2) is 18.2 Å². The molecule has 4 aromatic carbocycles. The highest BCUT2D eigenvalue weighted by Crippen LogP contribution is 2.35. The first-order valence-corrected chi connectivity index (χ1v) is 11.3. The van der Waals surface area contributed by atoms with Crippen molar-refractivity contribution >= 4 is 38.1 Å². The fraction of sp³-hybridized carbons (Fsp3) is 0.0417. The van der Waals surface area contributed by atoms with Gasteiger partial charge in [0.1, 0.15) is 0 Å². The van der Waals surface area contributed by atoms with E-state index in [9.17, 15) is 21.6 Å². The monoisotopic (exact) mass is 482 g/mol. The number of hydrogen-bond donors (Lipinski definition) is 3. The maximum atomic E-state index is 13.5. The molecule has 0 unspecified atom stereocenters. The largest absolute Gasteiger partial charge is 0.435 e. The number of halogens is 3. The van der Waals surface area contributed by atoms with E-state index < -0.39 is 22.8 Å². The van der Waals surface area contributed by atoms with E-state index >= 15 is 0 Å². The fourth-order valence-corrected chi connectivity index (χ4v) is 4.04. The highest BCUT2D eigenvalue weighted by Gasteiger charge is 2.35. The molecule has 0 saturated carbocycles. The van der Waals surface area contributed by atoms with E-state index in [1.54, 1.807) is 18.2 Å². The Balaban J connectivity index is 1.61. The Hall–Kier alpha value is -3.89. The standard InChI is InChI=1S/C24H17F3N4O2S/c25-24(26,27)23-14-22(31(29-23)21-9-7-20(8-10-21)28-30-34(32)33)18-6-5-17-11-15-3-1-2-4-16(15)12-19(17)13-18/h1-14,28,34H,(H,30,32,33). The molecule has 5 aromatic rings. The first-order chi connectivity index (χ1) is 16.3. The summed E-state index contributed by atoms with van der Waals surface area (Å²) >= 11 is 0. The topological polar surface area (TPSA) is 76.0 Å². The van der Waals surface area contributed by atoms with Gasteiger partial charge in [0.25, 0.3) is 0 Å². The van der Waals surface area contributed by atoms with Crippen molar-refractivity contribution in [3.8, 4) is 16.9 Å². The smallest absolute Gasteiger partial charge is 0.308 e. The molecule has 1 heterocycles. The second kappa shape index (κ2) is 8.47. The predicted octanol–water partition coefficient (Wildman–Crippen LogP) is 5.31. The predicted molar refractivity (Wildman–Crippen MR) is 126 cm³/mol. The Morgan fingerprint density at radius 2 is 1.41 bits per heavy atom. The van der Waals surface area contributed by atoms with Gasteiger partial charge in [-0.25, -0.2) is 13.1 Å². The van der Waals surface area contributed by atoms with Crippen molar-refractivity contribution in [1.82, 2.24) is 14.6 Å². The summed E-state index contributed by atoms with van der Waals surface area (Å²) in [6, 6.07) is 24.6. The van der Waals surface area contributed by atoms with Crippen LogP contribution in [0.15, 0.2) is 84.9 Å². The Morgan fingerprint density at radius 1 is 0.765 bits per heavy atom. The molecule has 1 aromatic heterocycles. The van der Waals surface area contributed by atoms with Gasteiger partial charge in [0, 0.05) is 11.3 Å². The summed E-state index contributed by atoms with van der Waals surface area (Å²) in [5, 5.41) is 7.81. The first-order valence-electron chi connectivity index (χ1n) is 10.1. The van der Waals surface area contributed by atoms with Crippen LogP contribution in [0.1, 0.15) is 5.69 Å². The molecular weight excluding hydrogens is 465 g/mol. The summed E-state index contributed by atoms with van der Waals surface area (Å²) in [6.07, 6.45) is -4.61. The minimum atomic E-state index is -4.61. The van der Waals surface area contributed by atoms with Crippen molar-refractivity contribution in [2.75, 3.05) is 5.43 Å². The van der Waals surface area contributed by atoms with Crippen LogP contribution < -0.4 is 10.3 Å². The van der Waals surface area contributed by atoms with Gasteiger partial charge in [0.15, 0.2) is 5.69 Å². The zero-order valence-corrected chi connectivity index (χ0v) is 18.3. The molecule has 0 aliphatic carbocycles. The first kappa shape index (κ1) is 21.9. The number of rotatable bonds is 5. The third-order valence-electron chi connectivity index (χ3n) is 5.40. The lowest BCUT2D eigenvalue weighted by Crippen LogP contribution is -2.19. The van der Waals surface area contributed by atoms with Gasteiger partial charge in [-0.05, 0) is 70.1 Å². The Kier molecular flexibility index (Phi) is 5.46. The van der Waals surface area contributed by atoms with E-state index in [-0.39, 0.29) is 5.69 Å². The maximum Gasteiger partial charge on any atom is 0.435 e. The number of nitrogens with one attached hydrogen (secondary N) is 2. The van der Waals surface area contributed by atoms with Crippen LogP contribution in [0.3, 0.4) is 0 Å². The van der Waals surface area contributed by atoms with E-state index in [1.165, 1.54) is 16.8 Å². The van der Waals surface area contributed by atoms with Crippen LogP contribution in [0.4, 0.5) is 18.9 Å². The Labute approximate surface area is 193 Å². The highest BCUT2D eigenvalue weighted by molar-refractivity contribution is 7.70. The molecule has 0 bridgehead atoms. The lowest BCUT2D eigenvalue weighted by Gasteiger charge is -2.10. The number of hydrogen-bond acceptors (Lipinski definition) is 4. The van der Waals surface area contributed by atoms with Crippen molar-refractivity contribution in [3.63, 3.8) is 0 Å². The summed E-state index contributed by atoms with van der Waals surface area (Å²) in [6.45, 7) is 0. The summed E-state index contributed by atoms with van der Waals surface area (Å²) in [4.78, 5) is 2.04. The average molecular weight is 482 g/mol. The quantitative estimate of drug-likeness (QED) is 0.180. The average Bonchev–Trinajstić information content (AvgIpc) is 3.27. The van der Waals surface area contributed by atoms with E-state index in [1.807, 2.05) is 53.4 Å². The lowest BCUT2D eigenvalue weighted by atomic mass is 10.0. The van der Waals surface area contributed by atoms with Gasteiger partial charge in [-0.3, -0.25) is 0 Å². The van der Waals surface area contributed by atoms with Crippen LogP contribution >= 0.6 is 0 Å². The molecule has 0 aliphatic rings. The van der Waals surface area contributed by atoms with Crippen molar-refractivity contribution in [3.05, 3.63) is 90.6 Å². The van der Waals surface area contributed by atoms with Gasteiger partial charge in [-0.1, -0.05) is 36.4 Å². The third-order valence-corrected chi connectivity index (χ3v) is 5.70. The molecule has 0 saturated heterocycles. The number of thiol groups is 1. The molecule has 172 valence electrons. The molecule has 0 spiro atoms. The van der Waals surface area contributed by atoms with Gasteiger partial charge in [0.05, 0.1) is 11.4 Å². The van der Waals surface area contributed by atoms with Gasteiger partial charge >= 0.3 is 6.18 Å². The summed E-state index contributed by atoms with van der Waals surface area (Å²) < 4.78 is 63.2. The molecule has 5 rings (SSSR count). The van der Waals surface area contributed by atoms with Crippen molar-refractivity contribution in [2.45, 2.75) is 6.18 Å². The van der Waals surface area contributed by atoms with E-state index in [2.05, 4.69) is 10.5 Å². The number of fused-ring (bicyclic) bond motifs is 2. The maximum absolute atomic E-state index is 13.5. The Bertz CT molecular complexity index is 1580. The van der Waals surface area contributed by atoms with Crippen LogP contribution in [0.5, 0.6) is 0 Å². The molecule has 0 atom stereocenters. The highest BCUT2D eigenvalue weighted by atomic mass is 32.2. The SMILES string of the molecule is O=[SH](=O)NNc1ccc(-n2nc(C(F)(F)F)cc2-c2ccc3cc4ccccc4cc3c2)cc1. The van der Waals surface area contributed by atoms with Crippen molar-refractivity contribution in [1.29, 1.82) is 0 Å². The van der Waals surface area contributed by atoms with E-state index in [4.69, 9.17) is 0 Å². The molecule has 0 radical (unpaired) electrons. The van der Waals surface area contributed by atoms with E-state index in [0.717, 1.165) is 27.6 Å². The molecule has 0 fully saturated rings. The van der Waals surface area contributed by atoms with Crippen LogP contribution in [0.2, 0.25) is 0 Å². The Morgan fingerprint density at radius 3 is 2.06 bits per heavy atom. The summed E-state index contributed by atoms with van der Waals surface area (Å²) in [7, 11) is -2.85. The second-order valence-corrected chi connectivity index (χ2v) is 8.36. The molecule has 34 heavy (non-hydrogen) atoms. The van der Waals surface area contributed by atoms with Gasteiger partial charge in [-0.2, -0.15) is 18.3 Å². The zero-order valence-electron chi connectivity index (χ0n) is 17.4. The number of hydrazine groups is 1.